The van der Waals surface area contributed by atoms with E-state index in [0.717, 1.165) is 31.9 Å². The summed E-state index contributed by atoms with van der Waals surface area (Å²) in [6, 6.07) is 17.0. The molecule has 28 heavy (non-hydrogen) atoms. The van der Waals surface area contributed by atoms with Crippen LogP contribution in [-0.4, -0.2) is 69.1 Å². The number of amides is 1. The average molecular weight is 384 g/mol. The maximum absolute atomic E-state index is 13.1. The highest BCUT2D eigenvalue weighted by Crippen LogP contribution is 2.18. The first-order chi connectivity index (χ1) is 13.5. The van der Waals surface area contributed by atoms with Crippen LogP contribution in [0.3, 0.4) is 0 Å². The first-order valence-corrected chi connectivity index (χ1v) is 9.74. The van der Waals surface area contributed by atoms with Gasteiger partial charge in [-0.1, -0.05) is 30.3 Å². The van der Waals surface area contributed by atoms with Crippen LogP contribution in [0.15, 0.2) is 54.6 Å². The van der Waals surface area contributed by atoms with Gasteiger partial charge in [-0.15, -0.1) is 0 Å². The highest BCUT2D eigenvalue weighted by atomic mass is 19.1. The van der Waals surface area contributed by atoms with Crippen LogP contribution in [0, 0.1) is 5.82 Å². The normalized spacial score (nSPS) is 16.2. The first-order valence-electron chi connectivity index (χ1n) is 9.74. The van der Waals surface area contributed by atoms with Crippen molar-refractivity contribution in [3.63, 3.8) is 0 Å². The maximum atomic E-state index is 13.1. The van der Waals surface area contributed by atoms with E-state index in [1.165, 1.54) is 17.7 Å². The van der Waals surface area contributed by atoms with Gasteiger partial charge in [0, 0.05) is 38.4 Å². The first kappa shape index (κ1) is 20.3. The molecule has 2 aromatic rings. The zero-order chi connectivity index (χ0) is 19.9. The second-order valence-electron chi connectivity index (χ2n) is 7.43. The van der Waals surface area contributed by atoms with E-state index in [1.807, 2.05) is 44.4 Å². The summed E-state index contributed by atoms with van der Waals surface area (Å²) in [5.74, 6) is -0.163. The molecule has 1 saturated heterocycles. The van der Waals surface area contributed by atoms with Gasteiger partial charge in [0.2, 0.25) is 5.91 Å². The molecular weight excluding hydrogens is 355 g/mol. The van der Waals surface area contributed by atoms with E-state index in [2.05, 4.69) is 32.1 Å². The third-order valence-corrected chi connectivity index (χ3v) is 5.23. The molecule has 1 N–H and O–H groups in total. The zero-order valence-electron chi connectivity index (χ0n) is 16.6. The number of hydrogen-bond acceptors (Lipinski definition) is 4. The standard InChI is InChI=1S/C22H29FN4O/c1-25(2)21(18-6-4-3-5-7-18)16-24-22(28)17-26-12-14-27(15-13-26)20-10-8-19(23)9-11-20/h3-11,21H,12-17H2,1-2H3,(H,24,28). The van der Waals surface area contributed by atoms with Crippen LogP contribution in [0.4, 0.5) is 10.1 Å². The summed E-state index contributed by atoms with van der Waals surface area (Å²) >= 11 is 0. The fourth-order valence-electron chi connectivity index (χ4n) is 3.56. The number of carbonyl (C=O) groups excluding carboxylic acids is 1. The lowest BCUT2D eigenvalue weighted by atomic mass is 10.1. The molecule has 0 aromatic heterocycles. The monoisotopic (exact) mass is 384 g/mol. The lowest BCUT2D eigenvalue weighted by Crippen LogP contribution is -2.50. The van der Waals surface area contributed by atoms with E-state index in [-0.39, 0.29) is 17.8 Å². The van der Waals surface area contributed by atoms with Crippen LogP contribution in [0.1, 0.15) is 11.6 Å². The molecule has 0 saturated carbocycles. The molecule has 1 heterocycles. The Balaban J connectivity index is 1.44. The van der Waals surface area contributed by atoms with Gasteiger partial charge in [0.05, 0.1) is 12.6 Å². The molecular formula is C22H29FN4O. The minimum Gasteiger partial charge on any atom is -0.369 e. The van der Waals surface area contributed by atoms with E-state index in [9.17, 15) is 9.18 Å². The van der Waals surface area contributed by atoms with Crippen molar-refractivity contribution in [1.29, 1.82) is 0 Å². The number of hydrogen-bond donors (Lipinski definition) is 1. The summed E-state index contributed by atoms with van der Waals surface area (Å²) < 4.78 is 13.1. The smallest absolute Gasteiger partial charge is 0.234 e. The van der Waals surface area contributed by atoms with Crippen molar-refractivity contribution in [2.75, 3.05) is 58.3 Å². The molecule has 1 amide bonds. The predicted molar refractivity (Wildman–Crippen MR) is 111 cm³/mol. The van der Waals surface area contributed by atoms with Crippen molar-refractivity contribution < 1.29 is 9.18 Å². The number of rotatable bonds is 7. The van der Waals surface area contributed by atoms with E-state index in [0.29, 0.717) is 13.1 Å². The van der Waals surface area contributed by atoms with Gasteiger partial charge in [-0.25, -0.2) is 4.39 Å². The van der Waals surface area contributed by atoms with E-state index in [1.54, 1.807) is 0 Å². The van der Waals surface area contributed by atoms with Gasteiger partial charge in [0.25, 0.3) is 0 Å². The van der Waals surface area contributed by atoms with Gasteiger partial charge in [0.15, 0.2) is 0 Å². The summed E-state index contributed by atoms with van der Waals surface area (Å²) in [5, 5.41) is 3.08. The molecule has 1 unspecified atom stereocenters. The Labute approximate surface area is 166 Å². The Morgan fingerprint density at radius 1 is 1.04 bits per heavy atom. The number of benzene rings is 2. The number of nitrogens with one attached hydrogen (secondary N) is 1. The van der Waals surface area contributed by atoms with Crippen molar-refractivity contribution in [3.05, 3.63) is 66.0 Å². The van der Waals surface area contributed by atoms with Gasteiger partial charge in [-0.3, -0.25) is 9.69 Å². The molecule has 150 valence electrons. The Morgan fingerprint density at radius 3 is 2.29 bits per heavy atom. The number of carbonyl (C=O) groups is 1. The molecule has 6 heteroatoms. The zero-order valence-corrected chi connectivity index (χ0v) is 16.6. The van der Waals surface area contributed by atoms with Crippen molar-refractivity contribution in [3.8, 4) is 0 Å². The van der Waals surface area contributed by atoms with E-state index in [4.69, 9.17) is 0 Å². The quantitative estimate of drug-likeness (QED) is 0.796. The Kier molecular flexibility index (Phi) is 7.01. The molecule has 1 atom stereocenters. The van der Waals surface area contributed by atoms with Crippen LogP contribution < -0.4 is 10.2 Å². The van der Waals surface area contributed by atoms with Crippen molar-refractivity contribution in [2.45, 2.75) is 6.04 Å². The predicted octanol–water partition coefficient (Wildman–Crippen LogP) is 2.37. The molecule has 0 aliphatic carbocycles. The molecule has 1 aliphatic rings. The molecule has 1 fully saturated rings. The Morgan fingerprint density at radius 2 is 1.68 bits per heavy atom. The number of piperazine rings is 1. The van der Waals surface area contributed by atoms with Gasteiger partial charge in [0.1, 0.15) is 5.82 Å². The molecule has 3 rings (SSSR count). The Hall–Kier alpha value is -2.44. The Bertz CT molecular complexity index is 743. The van der Waals surface area contributed by atoms with Gasteiger partial charge >= 0.3 is 0 Å². The number of anilines is 1. The highest BCUT2D eigenvalue weighted by Gasteiger charge is 2.20. The SMILES string of the molecule is CN(C)C(CNC(=O)CN1CCN(c2ccc(F)cc2)CC1)c1ccccc1. The fourth-order valence-corrected chi connectivity index (χ4v) is 3.56. The second-order valence-corrected chi connectivity index (χ2v) is 7.43. The van der Waals surface area contributed by atoms with Crippen molar-refractivity contribution >= 4 is 11.6 Å². The van der Waals surface area contributed by atoms with Crippen LogP contribution in [0.2, 0.25) is 0 Å². The lowest BCUT2D eigenvalue weighted by molar-refractivity contribution is -0.122. The molecule has 0 radical (unpaired) electrons. The minimum absolute atomic E-state index is 0.0537. The van der Waals surface area contributed by atoms with Crippen LogP contribution in [0.5, 0.6) is 0 Å². The number of likely N-dealkylation sites (N-methyl/N-ethyl adjacent to an activating group) is 1. The summed E-state index contributed by atoms with van der Waals surface area (Å²) in [6.07, 6.45) is 0. The third-order valence-electron chi connectivity index (χ3n) is 5.23. The highest BCUT2D eigenvalue weighted by molar-refractivity contribution is 5.78. The summed E-state index contributed by atoms with van der Waals surface area (Å²) in [7, 11) is 4.05. The summed E-state index contributed by atoms with van der Waals surface area (Å²) in [4.78, 5) is 19.0. The molecule has 0 bridgehead atoms. The van der Waals surface area contributed by atoms with Crippen molar-refractivity contribution in [2.24, 2.45) is 0 Å². The molecule has 2 aromatic carbocycles. The summed E-state index contributed by atoms with van der Waals surface area (Å²) in [6.45, 7) is 4.31. The van der Waals surface area contributed by atoms with Crippen LogP contribution in [0.25, 0.3) is 0 Å². The fraction of sp³-hybridized carbons (Fsp3) is 0.409. The number of halogens is 1. The lowest BCUT2D eigenvalue weighted by Gasteiger charge is -2.35. The van der Waals surface area contributed by atoms with Gasteiger partial charge < -0.3 is 15.1 Å². The third kappa shape index (κ3) is 5.53. The average Bonchev–Trinajstić information content (AvgIpc) is 2.70. The minimum atomic E-state index is -0.217. The van der Waals surface area contributed by atoms with Gasteiger partial charge in [-0.2, -0.15) is 0 Å². The van der Waals surface area contributed by atoms with E-state index >= 15 is 0 Å². The largest absolute Gasteiger partial charge is 0.369 e. The molecule has 5 nitrogen and oxygen atoms in total. The van der Waals surface area contributed by atoms with Crippen molar-refractivity contribution in [1.82, 2.24) is 15.1 Å². The van der Waals surface area contributed by atoms with Crippen LogP contribution in [-0.2, 0) is 4.79 Å². The topological polar surface area (TPSA) is 38.8 Å². The number of nitrogens with zero attached hydrogens (tertiary/aromatic N) is 3. The molecule has 0 spiro atoms. The van der Waals surface area contributed by atoms with Crippen LogP contribution >= 0.6 is 0 Å². The maximum Gasteiger partial charge on any atom is 0.234 e. The molecule has 1 aliphatic heterocycles. The second kappa shape index (κ2) is 9.66. The van der Waals surface area contributed by atoms with Gasteiger partial charge in [-0.05, 0) is 43.9 Å². The summed E-state index contributed by atoms with van der Waals surface area (Å²) in [5.41, 5.74) is 2.22. The van der Waals surface area contributed by atoms with E-state index < -0.39 is 0 Å².